The van der Waals surface area contributed by atoms with Crippen LogP contribution in [-0.2, 0) is 15.4 Å². The number of hydrogen-bond donors (Lipinski definition) is 0. The predicted molar refractivity (Wildman–Crippen MR) is 80.2 cm³/mol. The van der Waals surface area contributed by atoms with Crippen LogP contribution in [0.15, 0.2) is 29.2 Å². The molecular formula is C16H23NO2S. The van der Waals surface area contributed by atoms with E-state index in [0.29, 0.717) is 4.90 Å². The Hall–Kier alpha value is -0.870. The van der Waals surface area contributed by atoms with Gasteiger partial charge in [0.1, 0.15) is 0 Å². The van der Waals surface area contributed by atoms with Crippen molar-refractivity contribution in [1.82, 2.24) is 4.31 Å². The fourth-order valence-electron chi connectivity index (χ4n) is 3.26. The van der Waals surface area contributed by atoms with E-state index in [1.165, 1.54) is 5.56 Å². The molecule has 0 spiro atoms. The molecule has 2 aliphatic rings. The monoisotopic (exact) mass is 293 g/mol. The zero-order valence-electron chi connectivity index (χ0n) is 12.5. The summed E-state index contributed by atoms with van der Waals surface area (Å²) in [5.41, 5.74) is 1.22. The molecule has 1 aromatic carbocycles. The summed E-state index contributed by atoms with van der Waals surface area (Å²) in [5.74, 6) is 0. The Balaban J connectivity index is 1.85. The van der Waals surface area contributed by atoms with Crippen molar-refractivity contribution in [3.63, 3.8) is 0 Å². The third-order valence-electron chi connectivity index (χ3n) is 4.55. The Morgan fingerprint density at radius 2 is 1.50 bits per heavy atom. The van der Waals surface area contributed by atoms with Crippen molar-refractivity contribution in [2.45, 2.75) is 68.8 Å². The van der Waals surface area contributed by atoms with E-state index >= 15 is 0 Å². The molecule has 3 atom stereocenters. The van der Waals surface area contributed by atoms with Gasteiger partial charge in [0, 0.05) is 12.1 Å². The number of hydrogen-bond acceptors (Lipinski definition) is 2. The van der Waals surface area contributed by atoms with Crippen LogP contribution in [0.2, 0.25) is 0 Å². The van der Waals surface area contributed by atoms with Gasteiger partial charge in [0.25, 0.3) is 0 Å². The van der Waals surface area contributed by atoms with Crippen LogP contribution in [-0.4, -0.2) is 24.8 Å². The summed E-state index contributed by atoms with van der Waals surface area (Å²) in [6.07, 6.45) is 4.39. The van der Waals surface area contributed by atoms with Gasteiger partial charge in [-0.15, -0.1) is 0 Å². The van der Waals surface area contributed by atoms with E-state index in [9.17, 15) is 8.42 Å². The average molecular weight is 293 g/mol. The first-order valence-corrected chi connectivity index (χ1v) is 8.90. The number of nitrogens with zero attached hydrogens (tertiary/aromatic N) is 1. The van der Waals surface area contributed by atoms with E-state index < -0.39 is 10.0 Å². The Labute approximate surface area is 122 Å². The summed E-state index contributed by atoms with van der Waals surface area (Å²) in [5, 5.41) is 0. The normalized spacial score (nSPS) is 29.9. The maximum Gasteiger partial charge on any atom is 0.243 e. The quantitative estimate of drug-likeness (QED) is 0.785. The van der Waals surface area contributed by atoms with E-state index in [-0.39, 0.29) is 17.5 Å². The lowest BCUT2D eigenvalue weighted by atomic mass is 9.87. The zero-order valence-corrected chi connectivity index (χ0v) is 13.3. The van der Waals surface area contributed by atoms with E-state index in [4.69, 9.17) is 0 Å². The van der Waals surface area contributed by atoms with Crippen LogP contribution >= 0.6 is 0 Å². The fourth-order valence-corrected chi connectivity index (χ4v) is 5.13. The summed E-state index contributed by atoms with van der Waals surface area (Å²) in [6.45, 7) is 6.40. The van der Waals surface area contributed by atoms with Crippen molar-refractivity contribution in [3.05, 3.63) is 29.8 Å². The minimum absolute atomic E-state index is 0.0517. The number of fused-ring (bicyclic) bond motifs is 1. The molecule has 0 amide bonds. The van der Waals surface area contributed by atoms with E-state index in [2.05, 4.69) is 20.8 Å². The lowest BCUT2D eigenvalue weighted by Crippen LogP contribution is -2.16. The molecule has 1 saturated heterocycles. The molecule has 2 fully saturated rings. The predicted octanol–water partition coefficient (Wildman–Crippen LogP) is 3.30. The van der Waals surface area contributed by atoms with E-state index in [0.717, 1.165) is 25.7 Å². The Bertz CT molecular complexity index is 586. The van der Waals surface area contributed by atoms with Gasteiger partial charge in [0.05, 0.1) is 4.90 Å². The van der Waals surface area contributed by atoms with Crippen LogP contribution in [0.25, 0.3) is 0 Å². The molecule has 1 saturated carbocycles. The highest BCUT2D eigenvalue weighted by atomic mass is 32.2. The van der Waals surface area contributed by atoms with Gasteiger partial charge in [-0.3, -0.25) is 0 Å². The molecule has 1 aromatic rings. The highest BCUT2D eigenvalue weighted by Gasteiger charge is 2.55. The summed E-state index contributed by atoms with van der Waals surface area (Å²) in [7, 11) is -3.28. The van der Waals surface area contributed by atoms with Crippen LogP contribution in [0.1, 0.15) is 52.0 Å². The topological polar surface area (TPSA) is 37.1 Å². The maximum absolute atomic E-state index is 12.6. The summed E-state index contributed by atoms with van der Waals surface area (Å²) < 4.78 is 27.0. The molecule has 3 nitrogen and oxygen atoms in total. The first-order chi connectivity index (χ1) is 9.32. The third-order valence-corrected chi connectivity index (χ3v) is 6.52. The summed E-state index contributed by atoms with van der Waals surface area (Å²) in [6, 6.07) is 7.97. The molecule has 0 bridgehead atoms. The largest absolute Gasteiger partial charge is 0.243 e. The van der Waals surface area contributed by atoms with E-state index in [1.54, 1.807) is 16.4 Å². The van der Waals surface area contributed by atoms with Crippen molar-refractivity contribution >= 4 is 10.0 Å². The molecule has 20 heavy (non-hydrogen) atoms. The van der Waals surface area contributed by atoms with Gasteiger partial charge in [-0.1, -0.05) is 45.7 Å². The first-order valence-electron chi connectivity index (χ1n) is 7.46. The summed E-state index contributed by atoms with van der Waals surface area (Å²) in [4.78, 5) is 0.444. The van der Waals surface area contributed by atoms with Crippen molar-refractivity contribution in [2.75, 3.05) is 0 Å². The van der Waals surface area contributed by atoms with Crippen LogP contribution in [0.3, 0.4) is 0 Å². The van der Waals surface area contributed by atoms with Gasteiger partial charge < -0.3 is 0 Å². The molecule has 4 heteroatoms. The minimum atomic E-state index is -3.28. The van der Waals surface area contributed by atoms with Crippen LogP contribution < -0.4 is 0 Å². The highest BCUT2D eigenvalue weighted by Crippen LogP contribution is 2.44. The standard InChI is InChI=1S/C16H23NO2S/c1-16(2,3)12-8-10-13(11-9-12)20(18,19)17-14-6-4-5-7-15(14)17/h8-11,14-15H,4-7H2,1-3H3/t14-,15+,17?. The average Bonchev–Trinajstić information content (AvgIpc) is 3.13. The van der Waals surface area contributed by atoms with Gasteiger partial charge in [-0.2, -0.15) is 4.31 Å². The second-order valence-corrected chi connectivity index (χ2v) is 8.87. The highest BCUT2D eigenvalue weighted by molar-refractivity contribution is 7.89. The van der Waals surface area contributed by atoms with Crippen LogP contribution in [0.5, 0.6) is 0 Å². The van der Waals surface area contributed by atoms with Crippen molar-refractivity contribution in [1.29, 1.82) is 0 Å². The molecule has 0 aromatic heterocycles. The molecule has 1 aliphatic carbocycles. The SMILES string of the molecule is CC(C)(C)c1ccc(S(=O)(=O)N2[C@@H]3CCCC[C@@H]32)cc1. The second-order valence-electron chi connectivity index (χ2n) is 7.03. The van der Waals surface area contributed by atoms with Crippen LogP contribution in [0.4, 0.5) is 0 Å². The number of sulfonamides is 1. The van der Waals surface area contributed by atoms with Gasteiger partial charge in [0.15, 0.2) is 0 Å². The first kappa shape index (κ1) is 14.1. The minimum Gasteiger partial charge on any atom is -0.207 e. The van der Waals surface area contributed by atoms with Crippen molar-refractivity contribution < 1.29 is 8.42 Å². The Morgan fingerprint density at radius 3 is 1.95 bits per heavy atom. The smallest absolute Gasteiger partial charge is 0.207 e. The number of rotatable bonds is 2. The third kappa shape index (κ3) is 2.29. The fraction of sp³-hybridized carbons (Fsp3) is 0.625. The molecule has 1 aliphatic heterocycles. The molecule has 1 heterocycles. The number of benzene rings is 1. The maximum atomic E-state index is 12.6. The molecule has 1 unspecified atom stereocenters. The van der Waals surface area contributed by atoms with Gasteiger partial charge in [-0.05, 0) is 36.0 Å². The zero-order chi connectivity index (χ0) is 14.5. The van der Waals surface area contributed by atoms with Crippen molar-refractivity contribution in [3.8, 4) is 0 Å². The molecule has 110 valence electrons. The molecule has 0 radical (unpaired) electrons. The van der Waals surface area contributed by atoms with Gasteiger partial charge >= 0.3 is 0 Å². The lowest BCUT2D eigenvalue weighted by molar-refractivity contribution is 0.544. The van der Waals surface area contributed by atoms with Crippen LogP contribution in [0, 0.1) is 0 Å². The van der Waals surface area contributed by atoms with Gasteiger partial charge in [0.2, 0.25) is 10.0 Å². The second kappa shape index (κ2) is 4.57. The molecule has 3 rings (SSSR count). The molecular weight excluding hydrogens is 270 g/mol. The Kier molecular flexibility index (Phi) is 3.22. The lowest BCUT2D eigenvalue weighted by Gasteiger charge is -2.19. The Morgan fingerprint density at radius 1 is 1.00 bits per heavy atom. The van der Waals surface area contributed by atoms with Crippen molar-refractivity contribution in [2.24, 2.45) is 0 Å². The van der Waals surface area contributed by atoms with E-state index in [1.807, 2.05) is 12.1 Å². The van der Waals surface area contributed by atoms with Gasteiger partial charge in [-0.25, -0.2) is 8.42 Å². The molecule has 0 N–H and O–H groups in total. The summed E-state index contributed by atoms with van der Waals surface area (Å²) >= 11 is 0.